The van der Waals surface area contributed by atoms with Crippen LogP contribution in [0, 0.1) is 6.92 Å². The van der Waals surface area contributed by atoms with Gasteiger partial charge in [0.15, 0.2) is 0 Å². The molecule has 2 aromatic carbocycles. The van der Waals surface area contributed by atoms with E-state index in [1.807, 2.05) is 41.1 Å². The molecule has 0 fully saturated rings. The Morgan fingerprint density at radius 2 is 1.74 bits per heavy atom. The van der Waals surface area contributed by atoms with Crippen LogP contribution >= 0.6 is 15.9 Å². The summed E-state index contributed by atoms with van der Waals surface area (Å²) in [6.45, 7) is 2.07. The molecule has 4 heteroatoms. The topological polar surface area (TPSA) is 30.7 Å². The molecule has 0 N–H and O–H groups in total. The zero-order valence-electron chi connectivity index (χ0n) is 10.4. The third-order valence-corrected chi connectivity index (χ3v) is 3.73. The summed E-state index contributed by atoms with van der Waals surface area (Å²) in [5.74, 6) is 0. The molecule has 0 unspecified atom stereocenters. The van der Waals surface area contributed by atoms with Gasteiger partial charge in [0, 0.05) is 10.0 Å². The molecule has 3 rings (SSSR count). The summed E-state index contributed by atoms with van der Waals surface area (Å²) in [4.78, 5) is 0. The van der Waals surface area contributed by atoms with Gasteiger partial charge in [-0.05, 0) is 24.6 Å². The Balaban J connectivity index is 2.20. The Hall–Kier alpha value is -1.94. The van der Waals surface area contributed by atoms with E-state index in [1.165, 1.54) is 5.56 Å². The number of halogens is 1. The maximum absolute atomic E-state index is 4.21. The van der Waals surface area contributed by atoms with Crippen LogP contribution in [0.4, 0.5) is 0 Å². The molecule has 19 heavy (non-hydrogen) atoms. The first-order valence-electron chi connectivity index (χ1n) is 5.99. The first kappa shape index (κ1) is 12.1. The van der Waals surface area contributed by atoms with Gasteiger partial charge >= 0.3 is 0 Å². The fraction of sp³-hybridized carbons (Fsp3) is 0.0667. The molecule has 1 aromatic heterocycles. The van der Waals surface area contributed by atoms with Gasteiger partial charge in [0.1, 0.15) is 0 Å². The van der Waals surface area contributed by atoms with Gasteiger partial charge in [-0.1, -0.05) is 57.5 Å². The molecule has 0 radical (unpaired) electrons. The Bertz CT molecular complexity index is 659. The molecule has 3 aromatic rings. The molecule has 0 aliphatic rings. The van der Waals surface area contributed by atoms with Gasteiger partial charge < -0.3 is 0 Å². The molecular weight excluding hydrogens is 302 g/mol. The van der Waals surface area contributed by atoms with Crippen molar-refractivity contribution in [2.75, 3.05) is 0 Å². The maximum Gasteiger partial charge on any atom is 0.0955 e. The summed E-state index contributed by atoms with van der Waals surface area (Å²) in [6, 6.07) is 16.2. The van der Waals surface area contributed by atoms with Crippen molar-refractivity contribution in [1.82, 2.24) is 15.0 Å². The van der Waals surface area contributed by atoms with Crippen molar-refractivity contribution in [3.63, 3.8) is 0 Å². The highest BCUT2D eigenvalue weighted by Gasteiger charge is 2.12. The largest absolute Gasteiger partial charge is 0.213 e. The summed E-state index contributed by atoms with van der Waals surface area (Å²) >= 11 is 3.57. The van der Waals surface area contributed by atoms with Crippen molar-refractivity contribution in [1.29, 1.82) is 0 Å². The van der Waals surface area contributed by atoms with Gasteiger partial charge in [-0.25, -0.2) is 4.68 Å². The normalized spacial score (nSPS) is 10.6. The highest BCUT2D eigenvalue weighted by atomic mass is 79.9. The van der Waals surface area contributed by atoms with E-state index in [0.29, 0.717) is 0 Å². The summed E-state index contributed by atoms with van der Waals surface area (Å²) in [6.07, 6.45) is 1.78. The fourth-order valence-electron chi connectivity index (χ4n) is 2.07. The first-order chi connectivity index (χ1) is 9.27. The van der Waals surface area contributed by atoms with Gasteiger partial charge in [-0.15, -0.1) is 5.10 Å². The molecule has 0 saturated carbocycles. The van der Waals surface area contributed by atoms with Crippen LogP contribution in [-0.2, 0) is 0 Å². The predicted molar refractivity (Wildman–Crippen MR) is 79.2 cm³/mol. The van der Waals surface area contributed by atoms with Gasteiger partial charge in [0.2, 0.25) is 0 Å². The Morgan fingerprint density at radius 1 is 1.00 bits per heavy atom. The molecule has 0 aliphatic carbocycles. The third-order valence-electron chi connectivity index (χ3n) is 3.04. The number of aromatic nitrogens is 3. The highest BCUT2D eigenvalue weighted by Crippen LogP contribution is 2.29. The monoisotopic (exact) mass is 313 g/mol. The molecule has 0 bridgehead atoms. The standard InChI is InChI=1S/C15H12BrN3/c1-11-6-2-5-9-14(11)19-15(10-17-18-19)12-7-3-4-8-13(12)16/h2-10H,1H3. The number of rotatable bonds is 2. The smallest absolute Gasteiger partial charge is 0.0955 e. The second-order valence-corrected chi connectivity index (χ2v) is 5.15. The second-order valence-electron chi connectivity index (χ2n) is 4.30. The molecule has 1 heterocycles. The van der Waals surface area contributed by atoms with Gasteiger partial charge in [-0.2, -0.15) is 0 Å². The van der Waals surface area contributed by atoms with Crippen LogP contribution in [0.3, 0.4) is 0 Å². The highest BCUT2D eigenvalue weighted by molar-refractivity contribution is 9.10. The van der Waals surface area contributed by atoms with Gasteiger partial charge in [-0.3, -0.25) is 0 Å². The summed E-state index contributed by atoms with van der Waals surface area (Å²) < 4.78 is 2.90. The van der Waals surface area contributed by atoms with Gasteiger partial charge in [0.25, 0.3) is 0 Å². The SMILES string of the molecule is Cc1ccccc1-n1nncc1-c1ccccc1Br. The Kier molecular flexibility index (Phi) is 3.17. The van der Waals surface area contributed by atoms with Crippen molar-refractivity contribution in [3.8, 4) is 16.9 Å². The minimum Gasteiger partial charge on any atom is -0.213 e. The second kappa shape index (κ2) is 4.97. The molecular formula is C15H12BrN3. The molecule has 3 nitrogen and oxygen atoms in total. The summed E-state index contributed by atoms with van der Waals surface area (Å²) in [7, 11) is 0. The number of hydrogen-bond acceptors (Lipinski definition) is 2. The number of para-hydroxylation sites is 1. The number of benzene rings is 2. The lowest BCUT2D eigenvalue weighted by atomic mass is 10.1. The van der Waals surface area contributed by atoms with Crippen LogP contribution in [0.2, 0.25) is 0 Å². The van der Waals surface area contributed by atoms with Crippen LogP contribution < -0.4 is 0 Å². The van der Waals surface area contributed by atoms with Crippen molar-refractivity contribution in [3.05, 3.63) is 64.8 Å². The van der Waals surface area contributed by atoms with E-state index in [2.05, 4.69) is 45.3 Å². The van der Waals surface area contributed by atoms with E-state index < -0.39 is 0 Å². The zero-order chi connectivity index (χ0) is 13.2. The number of hydrogen-bond donors (Lipinski definition) is 0. The molecule has 0 saturated heterocycles. The lowest BCUT2D eigenvalue weighted by Gasteiger charge is -2.09. The van der Waals surface area contributed by atoms with Crippen LogP contribution in [0.1, 0.15) is 5.56 Å². The Labute approximate surface area is 120 Å². The molecule has 0 atom stereocenters. The first-order valence-corrected chi connectivity index (χ1v) is 6.78. The van der Waals surface area contributed by atoms with Crippen LogP contribution in [-0.4, -0.2) is 15.0 Å². The van der Waals surface area contributed by atoms with Crippen molar-refractivity contribution in [2.24, 2.45) is 0 Å². The molecule has 0 amide bonds. The lowest BCUT2D eigenvalue weighted by Crippen LogP contribution is -2.01. The van der Waals surface area contributed by atoms with E-state index in [1.54, 1.807) is 6.20 Å². The fourth-order valence-corrected chi connectivity index (χ4v) is 2.55. The lowest BCUT2D eigenvalue weighted by molar-refractivity contribution is 0.803. The average molecular weight is 314 g/mol. The van der Waals surface area contributed by atoms with Gasteiger partial charge in [0.05, 0.1) is 17.6 Å². The van der Waals surface area contributed by atoms with E-state index in [-0.39, 0.29) is 0 Å². The van der Waals surface area contributed by atoms with Crippen molar-refractivity contribution >= 4 is 15.9 Å². The summed E-state index contributed by atoms with van der Waals surface area (Å²) in [5, 5.41) is 8.26. The number of nitrogens with zero attached hydrogens (tertiary/aromatic N) is 3. The zero-order valence-corrected chi connectivity index (χ0v) is 12.0. The summed E-state index contributed by atoms with van der Waals surface area (Å²) in [5.41, 5.74) is 4.27. The van der Waals surface area contributed by atoms with Crippen molar-refractivity contribution < 1.29 is 0 Å². The molecule has 94 valence electrons. The predicted octanol–water partition coefficient (Wildman–Crippen LogP) is 4.01. The van der Waals surface area contributed by atoms with Crippen LogP contribution in [0.15, 0.2) is 59.2 Å². The molecule has 0 spiro atoms. The van der Waals surface area contributed by atoms with Crippen molar-refractivity contribution in [2.45, 2.75) is 6.92 Å². The third kappa shape index (κ3) is 2.19. The van der Waals surface area contributed by atoms with E-state index in [0.717, 1.165) is 21.4 Å². The van der Waals surface area contributed by atoms with Crippen LogP contribution in [0.25, 0.3) is 16.9 Å². The maximum atomic E-state index is 4.21. The Morgan fingerprint density at radius 3 is 2.53 bits per heavy atom. The minimum atomic E-state index is 0.974. The van der Waals surface area contributed by atoms with E-state index >= 15 is 0 Å². The van der Waals surface area contributed by atoms with E-state index in [4.69, 9.17) is 0 Å². The number of aryl methyl sites for hydroxylation is 1. The van der Waals surface area contributed by atoms with E-state index in [9.17, 15) is 0 Å². The average Bonchev–Trinajstić information content (AvgIpc) is 2.89. The quantitative estimate of drug-likeness (QED) is 0.715. The minimum absolute atomic E-state index is 0.974. The molecule has 0 aliphatic heterocycles. The van der Waals surface area contributed by atoms with Crippen LogP contribution in [0.5, 0.6) is 0 Å².